The molecule has 7 heteroatoms. The second-order valence-electron chi connectivity index (χ2n) is 3.21. The van der Waals surface area contributed by atoms with Gasteiger partial charge in [-0.05, 0) is 19.9 Å². The van der Waals surface area contributed by atoms with Crippen molar-refractivity contribution in [3.8, 4) is 5.75 Å². The van der Waals surface area contributed by atoms with E-state index in [4.69, 9.17) is 9.47 Å². The minimum absolute atomic E-state index is 0.0415. The van der Waals surface area contributed by atoms with Crippen LogP contribution in [-0.2, 0) is 4.74 Å². The standard InChI is InChI=1S/C11H12BrNO5/c1-3-17-10-8(11(14)18-4-2)5-7(12)6-9(10)13(15)16/h5-6H,3-4H2,1-2H3. The quantitative estimate of drug-likeness (QED) is 0.474. The highest BCUT2D eigenvalue weighted by Crippen LogP contribution is 2.35. The Morgan fingerprint density at radius 2 is 2.06 bits per heavy atom. The van der Waals surface area contributed by atoms with Crippen LogP contribution in [0.3, 0.4) is 0 Å². The number of esters is 1. The van der Waals surface area contributed by atoms with Gasteiger partial charge >= 0.3 is 11.7 Å². The molecule has 0 aliphatic carbocycles. The average molecular weight is 318 g/mol. The lowest BCUT2D eigenvalue weighted by Gasteiger charge is -2.10. The molecule has 0 atom stereocenters. The van der Waals surface area contributed by atoms with Crippen molar-refractivity contribution in [2.45, 2.75) is 13.8 Å². The summed E-state index contributed by atoms with van der Waals surface area (Å²) in [5, 5.41) is 10.9. The first-order valence-corrected chi connectivity index (χ1v) is 6.08. The maximum Gasteiger partial charge on any atom is 0.342 e. The highest BCUT2D eigenvalue weighted by molar-refractivity contribution is 9.10. The van der Waals surface area contributed by atoms with Gasteiger partial charge < -0.3 is 9.47 Å². The summed E-state index contributed by atoms with van der Waals surface area (Å²) in [4.78, 5) is 22.1. The molecule has 0 saturated heterocycles. The van der Waals surface area contributed by atoms with Crippen LogP contribution in [0.25, 0.3) is 0 Å². The number of hydrogen-bond donors (Lipinski definition) is 0. The minimum Gasteiger partial charge on any atom is -0.487 e. The zero-order chi connectivity index (χ0) is 13.7. The number of ether oxygens (including phenoxy) is 2. The molecule has 1 rings (SSSR count). The topological polar surface area (TPSA) is 78.7 Å². The van der Waals surface area contributed by atoms with Crippen molar-refractivity contribution in [2.24, 2.45) is 0 Å². The maximum atomic E-state index is 11.7. The Bertz CT molecular complexity index is 475. The van der Waals surface area contributed by atoms with E-state index < -0.39 is 10.9 Å². The third-order valence-electron chi connectivity index (χ3n) is 2.01. The number of carbonyl (C=O) groups excluding carboxylic acids is 1. The summed E-state index contributed by atoms with van der Waals surface area (Å²) in [5.74, 6) is -0.713. The monoisotopic (exact) mass is 317 g/mol. The highest BCUT2D eigenvalue weighted by Gasteiger charge is 2.25. The van der Waals surface area contributed by atoms with E-state index in [0.29, 0.717) is 4.47 Å². The van der Waals surface area contributed by atoms with E-state index >= 15 is 0 Å². The number of rotatable bonds is 5. The van der Waals surface area contributed by atoms with Crippen molar-refractivity contribution in [1.82, 2.24) is 0 Å². The summed E-state index contributed by atoms with van der Waals surface area (Å²) in [6.45, 7) is 3.74. The molecule has 18 heavy (non-hydrogen) atoms. The van der Waals surface area contributed by atoms with Crippen LogP contribution < -0.4 is 4.74 Å². The van der Waals surface area contributed by atoms with Crippen LogP contribution >= 0.6 is 15.9 Å². The summed E-state index contributed by atoms with van der Waals surface area (Å²) in [6.07, 6.45) is 0. The van der Waals surface area contributed by atoms with Gasteiger partial charge in [0, 0.05) is 10.5 Å². The second kappa shape index (κ2) is 6.34. The van der Waals surface area contributed by atoms with E-state index in [1.807, 2.05) is 0 Å². The Labute approximate surface area is 112 Å². The fraction of sp³-hybridized carbons (Fsp3) is 0.364. The Morgan fingerprint density at radius 3 is 2.56 bits per heavy atom. The number of halogens is 1. The molecular formula is C11H12BrNO5. The molecule has 0 saturated carbocycles. The van der Waals surface area contributed by atoms with Crippen molar-refractivity contribution in [3.63, 3.8) is 0 Å². The van der Waals surface area contributed by atoms with Crippen LogP contribution in [0.2, 0.25) is 0 Å². The second-order valence-corrected chi connectivity index (χ2v) is 4.13. The fourth-order valence-corrected chi connectivity index (χ4v) is 1.82. The fourth-order valence-electron chi connectivity index (χ4n) is 1.37. The molecule has 1 aromatic carbocycles. The lowest BCUT2D eigenvalue weighted by atomic mass is 10.1. The molecule has 0 radical (unpaired) electrons. The van der Waals surface area contributed by atoms with Crippen molar-refractivity contribution >= 4 is 27.6 Å². The smallest absolute Gasteiger partial charge is 0.342 e. The Hall–Kier alpha value is -1.63. The molecule has 0 bridgehead atoms. The molecule has 0 aliphatic rings. The van der Waals surface area contributed by atoms with Gasteiger partial charge in [-0.2, -0.15) is 0 Å². The summed E-state index contributed by atoms with van der Waals surface area (Å²) < 4.78 is 10.4. The third kappa shape index (κ3) is 3.19. The van der Waals surface area contributed by atoms with E-state index in [0.717, 1.165) is 0 Å². The van der Waals surface area contributed by atoms with Gasteiger partial charge in [0.2, 0.25) is 5.75 Å². The van der Waals surface area contributed by atoms with Crippen LogP contribution in [0.15, 0.2) is 16.6 Å². The number of nitro groups is 1. The van der Waals surface area contributed by atoms with Gasteiger partial charge in [-0.1, -0.05) is 15.9 Å². The average Bonchev–Trinajstić information content (AvgIpc) is 2.31. The lowest BCUT2D eigenvalue weighted by molar-refractivity contribution is -0.386. The zero-order valence-electron chi connectivity index (χ0n) is 9.94. The number of benzene rings is 1. The molecule has 0 spiro atoms. The van der Waals surface area contributed by atoms with Gasteiger partial charge in [-0.3, -0.25) is 10.1 Å². The number of hydrogen-bond acceptors (Lipinski definition) is 5. The molecule has 0 N–H and O–H groups in total. The Kier molecular flexibility index (Phi) is 5.08. The summed E-state index contributed by atoms with van der Waals surface area (Å²) >= 11 is 3.12. The van der Waals surface area contributed by atoms with E-state index in [2.05, 4.69) is 15.9 Å². The first-order valence-electron chi connectivity index (χ1n) is 5.29. The highest BCUT2D eigenvalue weighted by atomic mass is 79.9. The summed E-state index contributed by atoms with van der Waals surface area (Å²) in [6, 6.07) is 2.73. The number of nitro benzene ring substituents is 1. The zero-order valence-corrected chi connectivity index (χ0v) is 11.5. The normalized spacial score (nSPS) is 9.94. The van der Waals surface area contributed by atoms with Crippen LogP contribution in [0.1, 0.15) is 24.2 Å². The number of carbonyl (C=O) groups is 1. The largest absolute Gasteiger partial charge is 0.487 e. The molecule has 98 valence electrons. The van der Waals surface area contributed by atoms with E-state index in [1.165, 1.54) is 12.1 Å². The molecular weight excluding hydrogens is 306 g/mol. The Morgan fingerprint density at radius 1 is 1.39 bits per heavy atom. The van der Waals surface area contributed by atoms with Crippen LogP contribution in [0, 0.1) is 10.1 Å². The molecule has 1 aromatic rings. The van der Waals surface area contributed by atoms with Gasteiger partial charge in [0.25, 0.3) is 0 Å². The molecule has 0 aromatic heterocycles. The molecule has 0 fully saturated rings. The molecule has 0 heterocycles. The first kappa shape index (κ1) is 14.4. The Balaban J connectivity index is 3.37. The van der Waals surface area contributed by atoms with E-state index in [1.54, 1.807) is 13.8 Å². The van der Waals surface area contributed by atoms with Crippen molar-refractivity contribution in [1.29, 1.82) is 0 Å². The van der Waals surface area contributed by atoms with Crippen molar-refractivity contribution < 1.29 is 19.2 Å². The van der Waals surface area contributed by atoms with Gasteiger partial charge in [0.1, 0.15) is 5.56 Å². The van der Waals surface area contributed by atoms with Gasteiger partial charge in [-0.15, -0.1) is 0 Å². The van der Waals surface area contributed by atoms with E-state index in [9.17, 15) is 14.9 Å². The number of nitrogens with zero attached hydrogens (tertiary/aromatic N) is 1. The van der Waals surface area contributed by atoms with Crippen LogP contribution in [0.5, 0.6) is 5.75 Å². The molecule has 0 aliphatic heterocycles. The summed E-state index contributed by atoms with van der Waals surface area (Å²) in [7, 11) is 0. The van der Waals surface area contributed by atoms with Crippen molar-refractivity contribution in [3.05, 3.63) is 32.3 Å². The van der Waals surface area contributed by atoms with Gasteiger partial charge in [-0.25, -0.2) is 4.79 Å². The summed E-state index contributed by atoms with van der Waals surface area (Å²) in [5.41, 5.74) is -0.228. The van der Waals surface area contributed by atoms with Gasteiger partial charge in [0.15, 0.2) is 0 Å². The van der Waals surface area contributed by atoms with E-state index in [-0.39, 0.29) is 30.2 Å². The molecule has 6 nitrogen and oxygen atoms in total. The lowest BCUT2D eigenvalue weighted by Crippen LogP contribution is -2.09. The minimum atomic E-state index is -0.648. The predicted octanol–water partition coefficient (Wildman–Crippen LogP) is 2.93. The molecule has 0 unspecified atom stereocenters. The maximum absolute atomic E-state index is 11.7. The SMILES string of the molecule is CCOC(=O)c1cc(Br)cc([N+](=O)[O-])c1OCC. The van der Waals surface area contributed by atoms with Crippen LogP contribution in [0.4, 0.5) is 5.69 Å². The predicted molar refractivity (Wildman–Crippen MR) is 67.9 cm³/mol. The van der Waals surface area contributed by atoms with Gasteiger partial charge in [0.05, 0.1) is 18.1 Å². The molecule has 0 amide bonds. The first-order chi connectivity index (χ1) is 8.51. The van der Waals surface area contributed by atoms with Crippen molar-refractivity contribution in [2.75, 3.05) is 13.2 Å². The van der Waals surface area contributed by atoms with Crippen LogP contribution in [-0.4, -0.2) is 24.1 Å². The third-order valence-corrected chi connectivity index (χ3v) is 2.47.